The fourth-order valence-corrected chi connectivity index (χ4v) is 1.91. The molecule has 0 saturated carbocycles. The number of amides is 2. The minimum absolute atomic E-state index is 0.110. The Bertz CT molecular complexity index is 710. The molecule has 2 aromatic carbocycles. The van der Waals surface area contributed by atoms with Crippen LogP contribution in [-0.2, 0) is 0 Å². The maximum absolute atomic E-state index is 13.5. The van der Waals surface area contributed by atoms with Crippen molar-refractivity contribution in [3.05, 3.63) is 65.5 Å². The molecule has 22 heavy (non-hydrogen) atoms. The van der Waals surface area contributed by atoms with E-state index < -0.39 is 18.0 Å². The van der Waals surface area contributed by atoms with Crippen LogP contribution in [0.25, 0.3) is 0 Å². The van der Waals surface area contributed by atoms with Gasteiger partial charge in [-0.1, -0.05) is 30.2 Å². The molecule has 2 aromatic rings. The van der Waals surface area contributed by atoms with Crippen molar-refractivity contribution >= 4 is 11.7 Å². The van der Waals surface area contributed by atoms with Gasteiger partial charge in [-0.2, -0.15) is 0 Å². The smallest absolute Gasteiger partial charge is 0.319 e. The minimum atomic E-state index is -1.12. The lowest BCUT2D eigenvalue weighted by Crippen LogP contribution is -2.32. The number of terminal acetylenes is 1. The number of aliphatic hydroxyl groups is 1. The first kappa shape index (κ1) is 15.5. The molecule has 2 rings (SSSR count). The van der Waals surface area contributed by atoms with Crippen LogP contribution < -0.4 is 10.6 Å². The molecule has 0 fully saturated rings. The summed E-state index contributed by atoms with van der Waals surface area (Å²) in [5.41, 5.74) is 1.31. The molecule has 4 nitrogen and oxygen atoms in total. The van der Waals surface area contributed by atoms with E-state index in [-0.39, 0.29) is 12.1 Å². The Labute approximate surface area is 128 Å². The van der Waals surface area contributed by atoms with Crippen LogP contribution >= 0.6 is 0 Å². The van der Waals surface area contributed by atoms with Crippen LogP contribution in [-0.4, -0.2) is 17.7 Å². The van der Waals surface area contributed by atoms with E-state index in [0.717, 1.165) is 0 Å². The third-order valence-electron chi connectivity index (χ3n) is 3.01. The van der Waals surface area contributed by atoms with Crippen molar-refractivity contribution in [3.8, 4) is 12.3 Å². The maximum Gasteiger partial charge on any atom is 0.319 e. The largest absolute Gasteiger partial charge is 0.386 e. The Kier molecular flexibility index (Phi) is 5.12. The van der Waals surface area contributed by atoms with Gasteiger partial charge in [0.25, 0.3) is 0 Å². The van der Waals surface area contributed by atoms with E-state index in [0.29, 0.717) is 11.3 Å². The zero-order chi connectivity index (χ0) is 15.9. The molecule has 112 valence electrons. The van der Waals surface area contributed by atoms with Crippen LogP contribution in [0.15, 0.2) is 48.5 Å². The molecule has 0 spiro atoms. The standard InChI is InChI=1S/C17H15FN2O2/c1-2-12-6-5-7-13(10-12)20-17(22)19-11-16(21)14-8-3-4-9-15(14)18/h1,3-10,16,21H,11H2,(H2,19,20,22). The van der Waals surface area contributed by atoms with Crippen molar-refractivity contribution in [2.45, 2.75) is 6.10 Å². The maximum atomic E-state index is 13.5. The normalized spacial score (nSPS) is 11.3. The first-order valence-corrected chi connectivity index (χ1v) is 6.64. The van der Waals surface area contributed by atoms with Gasteiger partial charge < -0.3 is 15.7 Å². The molecular weight excluding hydrogens is 283 g/mol. The third kappa shape index (κ3) is 4.08. The topological polar surface area (TPSA) is 61.4 Å². The van der Waals surface area contributed by atoms with Crippen LogP contribution in [0.2, 0.25) is 0 Å². The van der Waals surface area contributed by atoms with Gasteiger partial charge in [-0.3, -0.25) is 0 Å². The van der Waals surface area contributed by atoms with Gasteiger partial charge in [0.05, 0.1) is 6.10 Å². The number of urea groups is 1. The number of hydrogen-bond acceptors (Lipinski definition) is 2. The molecule has 5 heteroatoms. The summed E-state index contributed by atoms with van der Waals surface area (Å²) >= 11 is 0. The molecule has 0 bridgehead atoms. The van der Waals surface area contributed by atoms with Gasteiger partial charge in [-0.25, -0.2) is 9.18 Å². The van der Waals surface area contributed by atoms with Crippen LogP contribution in [0.5, 0.6) is 0 Å². The lowest BCUT2D eigenvalue weighted by Gasteiger charge is -2.13. The Hall–Kier alpha value is -2.84. The number of halogens is 1. The van der Waals surface area contributed by atoms with E-state index in [2.05, 4.69) is 16.6 Å². The predicted octanol–water partition coefficient (Wildman–Crippen LogP) is 2.66. The van der Waals surface area contributed by atoms with E-state index in [9.17, 15) is 14.3 Å². The number of carbonyl (C=O) groups excluding carboxylic acids is 1. The second kappa shape index (κ2) is 7.25. The van der Waals surface area contributed by atoms with Crippen LogP contribution in [0.3, 0.4) is 0 Å². The summed E-state index contributed by atoms with van der Waals surface area (Å²) in [4.78, 5) is 11.8. The van der Waals surface area contributed by atoms with Gasteiger partial charge in [-0.15, -0.1) is 6.42 Å². The second-order valence-corrected chi connectivity index (χ2v) is 4.60. The highest BCUT2D eigenvalue weighted by molar-refractivity contribution is 5.89. The van der Waals surface area contributed by atoms with Gasteiger partial charge in [-0.05, 0) is 24.3 Å². The van der Waals surface area contributed by atoms with Gasteiger partial charge in [0, 0.05) is 23.4 Å². The number of hydrogen-bond donors (Lipinski definition) is 3. The van der Waals surface area contributed by atoms with E-state index in [1.807, 2.05) is 0 Å². The zero-order valence-electron chi connectivity index (χ0n) is 11.7. The van der Waals surface area contributed by atoms with Crippen molar-refractivity contribution in [3.63, 3.8) is 0 Å². The summed E-state index contributed by atoms with van der Waals surface area (Å²) in [7, 11) is 0. The number of anilines is 1. The highest BCUT2D eigenvalue weighted by Gasteiger charge is 2.13. The molecule has 1 unspecified atom stereocenters. The number of carbonyl (C=O) groups is 1. The summed E-state index contributed by atoms with van der Waals surface area (Å²) in [5.74, 6) is 1.95. The van der Waals surface area contributed by atoms with Crippen LogP contribution in [0.4, 0.5) is 14.9 Å². The SMILES string of the molecule is C#Cc1cccc(NC(=O)NCC(O)c2ccccc2F)c1. The predicted molar refractivity (Wildman–Crippen MR) is 82.8 cm³/mol. The molecule has 3 N–H and O–H groups in total. The fraction of sp³-hybridized carbons (Fsp3) is 0.118. The molecule has 0 aliphatic carbocycles. The molecular formula is C17H15FN2O2. The Morgan fingerprint density at radius 3 is 2.77 bits per heavy atom. The highest BCUT2D eigenvalue weighted by atomic mass is 19.1. The van der Waals surface area contributed by atoms with Gasteiger partial charge in [0.1, 0.15) is 5.82 Å². The molecule has 0 aromatic heterocycles. The molecule has 0 saturated heterocycles. The first-order chi connectivity index (χ1) is 10.6. The van der Waals surface area contributed by atoms with E-state index in [4.69, 9.17) is 6.42 Å². The monoisotopic (exact) mass is 298 g/mol. The summed E-state index contributed by atoms with van der Waals surface area (Å²) in [6, 6.07) is 12.2. The molecule has 0 aliphatic rings. The first-order valence-electron chi connectivity index (χ1n) is 6.64. The lowest BCUT2D eigenvalue weighted by molar-refractivity contribution is 0.170. The number of nitrogens with one attached hydrogen (secondary N) is 2. The highest BCUT2D eigenvalue weighted by Crippen LogP contribution is 2.15. The van der Waals surface area contributed by atoms with Crippen molar-refractivity contribution in [1.82, 2.24) is 5.32 Å². The summed E-state index contributed by atoms with van der Waals surface area (Å²) < 4.78 is 13.5. The molecule has 0 aliphatic heterocycles. The van der Waals surface area contributed by atoms with Gasteiger partial charge in [0.15, 0.2) is 0 Å². The quantitative estimate of drug-likeness (QED) is 0.760. The van der Waals surface area contributed by atoms with Crippen LogP contribution in [0, 0.1) is 18.2 Å². The summed E-state index contributed by atoms with van der Waals surface area (Å²) in [6.45, 7) is -0.110. The Balaban J connectivity index is 1.90. The molecule has 1 atom stereocenters. The van der Waals surface area contributed by atoms with E-state index in [1.54, 1.807) is 30.3 Å². The molecule has 0 radical (unpaired) electrons. The summed E-state index contributed by atoms with van der Waals surface area (Å²) in [5, 5.41) is 15.0. The zero-order valence-corrected chi connectivity index (χ0v) is 11.7. The summed E-state index contributed by atoms with van der Waals surface area (Å²) in [6.07, 6.45) is 4.16. The Morgan fingerprint density at radius 1 is 1.27 bits per heavy atom. The number of rotatable bonds is 4. The average Bonchev–Trinajstić information content (AvgIpc) is 2.53. The van der Waals surface area contributed by atoms with E-state index >= 15 is 0 Å². The Morgan fingerprint density at radius 2 is 2.05 bits per heavy atom. The van der Waals surface area contributed by atoms with Gasteiger partial charge in [0.2, 0.25) is 0 Å². The van der Waals surface area contributed by atoms with Gasteiger partial charge >= 0.3 is 6.03 Å². The number of benzene rings is 2. The van der Waals surface area contributed by atoms with Crippen molar-refractivity contribution in [1.29, 1.82) is 0 Å². The molecule has 2 amide bonds. The fourth-order valence-electron chi connectivity index (χ4n) is 1.91. The second-order valence-electron chi connectivity index (χ2n) is 4.60. The number of aliphatic hydroxyl groups excluding tert-OH is 1. The lowest BCUT2D eigenvalue weighted by atomic mass is 10.1. The van der Waals surface area contributed by atoms with Crippen molar-refractivity contribution in [2.24, 2.45) is 0 Å². The minimum Gasteiger partial charge on any atom is -0.386 e. The third-order valence-corrected chi connectivity index (χ3v) is 3.01. The van der Waals surface area contributed by atoms with Crippen molar-refractivity contribution in [2.75, 3.05) is 11.9 Å². The van der Waals surface area contributed by atoms with Crippen LogP contribution in [0.1, 0.15) is 17.2 Å². The van der Waals surface area contributed by atoms with E-state index in [1.165, 1.54) is 18.2 Å². The van der Waals surface area contributed by atoms with Crippen molar-refractivity contribution < 1.29 is 14.3 Å². The average molecular weight is 298 g/mol. The molecule has 0 heterocycles.